The van der Waals surface area contributed by atoms with Crippen LogP contribution in [-0.2, 0) is 11.3 Å². The summed E-state index contributed by atoms with van der Waals surface area (Å²) in [6.45, 7) is 2.68. The molecule has 0 bridgehead atoms. The summed E-state index contributed by atoms with van der Waals surface area (Å²) in [5.41, 5.74) is 3.03. The van der Waals surface area contributed by atoms with Crippen molar-refractivity contribution in [1.29, 1.82) is 0 Å². The molecule has 0 fully saturated rings. The number of thiazole rings is 1. The van der Waals surface area contributed by atoms with Crippen molar-refractivity contribution in [2.45, 2.75) is 13.5 Å². The normalized spacial score (nSPS) is 11.7. The number of thioether (sulfide) groups is 1. The Hall–Kier alpha value is -2.38. The first-order chi connectivity index (χ1) is 13.0. The third-order valence-electron chi connectivity index (χ3n) is 4.09. The highest BCUT2D eigenvalue weighted by Crippen LogP contribution is 2.20. The number of amides is 1. The van der Waals surface area contributed by atoms with Crippen molar-refractivity contribution >= 4 is 45.2 Å². The number of rotatable bonds is 5. The second-order valence-electron chi connectivity index (χ2n) is 5.99. The van der Waals surface area contributed by atoms with Gasteiger partial charge in [-0.3, -0.25) is 4.79 Å². The molecule has 0 radical (unpaired) electrons. The first-order valence-electron chi connectivity index (χ1n) is 8.40. The molecule has 1 heterocycles. The molecule has 3 aromatic rings. The molecule has 0 saturated carbocycles. The van der Waals surface area contributed by atoms with E-state index in [1.807, 2.05) is 42.0 Å². The van der Waals surface area contributed by atoms with Gasteiger partial charge in [-0.2, -0.15) is 16.8 Å². The van der Waals surface area contributed by atoms with Crippen LogP contribution in [0, 0.1) is 6.92 Å². The highest BCUT2D eigenvalue weighted by atomic mass is 32.2. The van der Waals surface area contributed by atoms with E-state index in [1.54, 1.807) is 30.0 Å². The number of hydrogen-bond donors (Lipinski definition) is 0. The predicted molar refractivity (Wildman–Crippen MR) is 111 cm³/mol. The monoisotopic (exact) mass is 400 g/mol. The fourth-order valence-corrected chi connectivity index (χ4v) is 4.19. The van der Waals surface area contributed by atoms with Crippen LogP contribution in [0.5, 0.6) is 0 Å². The number of ether oxygens (including phenoxy) is 1. The lowest BCUT2D eigenvalue weighted by molar-refractivity contribution is 0.0601. The summed E-state index contributed by atoms with van der Waals surface area (Å²) in [6, 6.07) is 12.8. The van der Waals surface area contributed by atoms with Gasteiger partial charge in [0.1, 0.15) is 0 Å². The van der Waals surface area contributed by atoms with Gasteiger partial charge in [0.05, 0.1) is 22.9 Å². The standard InChI is InChI=1S/C20H20N2O3S2/c1-13-5-4-6-14(11-13)18(23)21-20-22(9-10-26-3)16-8-7-15(19(24)25-2)12-17(16)27-20/h4-8,11-12H,9-10H2,1-3H3. The summed E-state index contributed by atoms with van der Waals surface area (Å²) >= 11 is 3.13. The van der Waals surface area contributed by atoms with E-state index in [0.29, 0.717) is 15.9 Å². The number of carbonyl (C=O) groups is 2. The summed E-state index contributed by atoms with van der Waals surface area (Å²) in [6.07, 6.45) is 2.04. The molecule has 0 spiro atoms. The van der Waals surface area contributed by atoms with E-state index in [-0.39, 0.29) is 11.9 Å². The molecule has 1 amide bonds. The zero-order valence-electron chi connectivity index (χ0n) is 15.4. The number of aryl methyl sites for hydroxylation is 2. The van der Waals surface area contributed by atoms with E-state index >= 15 is 0 Å². The lowest BCUT2D eigenvalue weighted by Crippen LogP contribution is -2.18. The summed E-state index contributed by atoms with van der Waals surface area (Å²) in [5, 5.41) is 0. The molecule has 7 heteroatoms. The van der Waals surface area contributed by atoms with Crippen LogP contribution in [0.4, 0.5) is 0 Å². The molecule has 2 aromatic carbocycles. The smallest absolute Gasteiger partial charge is 0.337 e. The van der Waals surface area contributed by atoms with E-state index in [4.69, 9.17) is 4.74 Å². The van der Waals surface area contributed by atoms with E-state index in [0.717, 1.165) is 28.1 Å². The van der Waals surface area contributed by atoms with Crippen molar-refractivity contribution in [2.24, 2.45) is 4.99 Å². The number of carbonyl (C=O) groups excluding carboxylic acids is 2. The molecule has 0 aliphatic rings. The number of nitrogens with zero attached hydrogens (tertiary/aromatic N) is 2. The Bertz CT molecular complexity index is 1070. The average Bonchev–Trinajstić information content (AvgIpc) is 3.01. The molecule has 0 unspecified atom stereocenters. The minimum Gasteiger partial charge on any atom is -0.465 e. The van der Waals surface area contributed by atoms with Gasteiger partial charge in [-0.1, -0.05) is 29.0 Å². The molecule has 0 saturated heterocycles. The Morgan fingerprint density at radius 1 is 1.19 bits per heavy atom. The molecule has 27 heavy (non-hydrogen) atoms. The van der Waals surface area contributed by atoms with E-state index in [2.05, 4.69) is 4.99 Å². The van der Waals surface area contributed by atoms with Gasteiger partial charge in [0.2, 0.25) is 0 Å². The highest BCUT2D eigenvalue weighted by molar-refractivity contribution is 7.98. The molecule has 140 valence electrons. The van der Waals surface area contributed by atoms with Crippen molar-refractivity contribution < 1.29 is 14.3 Å². The second kappa shape index (κ2) is 8.54. The van der Waals surface area contributed by atoms with Crippen LogP contribution in [0.25, 0.3) is 10.2 Å². The Labute approximate surface area is 165 Å². The van der Waals surface area contributed by atoms with Gasteiger partial charge in [0, 0.05) is 17.9 Å². The van der Waals surface area contributed by atoms with Gasteiger partial charge in [-0.05, 0) is 43.5 Å². The zero-order chi connectivity index (χ0) is 19.4. The number of hydrogen-bond acceptors (Lipinski definition) is 5. The Morgan fingerprint density at radius 3 is 2.70 bits per heavy atom. The number of benzene rings is 2. The van der Waals surface area contributed by atoms with Crippen LogP contribution in [0.2, 0.25) is 0 Å². The van der Waals surface area contributed by atoms with Crippen LogP contribution in [-0.4, -0.2) is 35.6 Å². The van der Waals surface area contributed by atoms with E-state index in [1.165, 1.54) is 18.4 Å². The van der Waals surface area contributed by atoms with Crippen LogP contribution in [0.3, 0.4) is 0 Å². The predicted octanol–water partition coefficient (Wildman–Crippen LogP) is 3.90. The summed E-state index contributed by atoms with van der Waals surface area (Å²) in [4.78, 5) is 29.5. The second-order valence-corrected chi connectivity index (χ2v) is 7.98. The third-order valence-corrected chi connectivity index (χ3v) is 5.72. The van der Waals surface area contributed by atoms with Crippen molar-refractivity contribution in [3.8, 4) is 0 Å². The lowest BCUT2D eigenvalue weighted by Gasteiger charge is -2.04. The summed E-state index contributed by atoms with van der Waals surface area (Å²) < 4.78 is 7.73. The molecule has 0 atom stereocenters. The Balaban J connectivity index is 2.11. The maximum Gasteiger partial charge on any atom is 0.337 e. The van der Waals surface area contributed by atoms with Gasteiger partial charge >= 0.3 is 5.97 Å². The first-order valence-corrected chi connectivity index (χ1v) is 10.6. The Kier molecular flexibility index (Phi) is 6.13. The molecule has 5 nitrogen and oxygen atoms in total. The highest BCUT2D eigenvalue weighted by Gasteiger charge is 2.12. The molecule has 0 N–H and O–H groups in total. The van der Waals surface area contributed by atoms with Gasteiger partial charge in [-0.15, -0.1) is 0 Å². The van der Waals surface area contributed by atoms with E-state index in [9.17, 15) is 9.59 Å². The zero-order valence-corrected chi connectivity index (χ0v) is 17.0. The molecular formula is C20H20N2O3S2. The number of aromatic nitrogens is 1. The third kappa shape index (κ3) is 4.31. The average molecular weight is 401 g/mol. The molecule has 0 aliphatic carbocycles. The number of methoxy groups -OCH3 is 1. The van der Waals surface area contributed by atoms with Crippen molar-refractivity contribution in [1.82, 2.24) is 4.57 Å². The summed E-state index contributed by atoms with van der Waals surface area (Å²) in [5.74, 6) is 0.253. The lowest BCUT2D eigenvalue weighted by atomic mass is 10.1. The largest absolute Gasteiger partial charge is 0.465 e. The van der Waals surface area contributed by atoms with Crippen molar-refractivity contribution in [3.05, 3.63) is 64.0 Å². The van der Waals surface area contributed by atoms with E-state index < -0.39 is 0 Å². The molecule has 3 rings (SSSR count). The first kappa shape index (κ1) is 19.4. The number of esters is 1. The minimum absolute atomic E-state index is 0.267. The van der Waals surface area contributed by atoms with Gasteiger partial charge in [0.25, 0.3) is 5.91 Å². The van der Waals surface area contributed by atoms with Crippen LogP contribution >= 0.6 is 23.1 Å². The van der Waals surface area contributed by atoms with Crippen LogP contribution < -0.4 is 4.80 Å². The van der Waals surface area contributed by atoms with Crippen LogP contribution in [0.1, 0.15) is 26.3 Å². The van der Waals surface area contributed by atoms with Gasteiger partial charge in [-0.25, -0.2) is 4.79 Å². The van der Waals surface area contributed by atoms with Crippen molar-refractivity contribution in [3.63, 3.8) is 0 Å². The fourth-order valence-electron chi connectivity index (χ4n) is 2.73. The fraction of sp³-hybridized carbons (Fsp3) is 0.250. The maximum atomic E-state index is 12.6. The summed E-state index contributed by atoms with van der Waals surface area (Å²) in [7, 11) is 1.36. The minimum atomic E-state index is -0.379. The quantitative estimate of drug-likeness (QED) is 0.610. The topological polar surface area (TPSA) is 60.7 Å². The molecule has 1 aromatic heterocycles. The molecular weight excluding hydrogens is 380 g/mol. The number of fused-ring (bicyclic) bond motifs is 1. The van der Waals surface area contributed by atoms with Crippen molar-refractivity contribution in [2.75, 3.05) is 19.1 Å². The van der Waals surface area contributed by atoms with Crippen LogP contribution in [0.15, 0.2) is 47.5 Å². The Morgan fingerprint density at radius 2 is 2.00 bits per heavy atom. The van der Waals surface area contributed by atoms with Gasteiger partial charge in [0.15, 0.2) is 4.80 Å². The van der Waals surface area contributed by atoms with Gasteiger partial charge < -0.3 is 9.30 Å². The maximum absolute atomic E-state index is 12.6. The SMILES string of the molecule is COC(=O)c1ccc2c(c1)sc(=NC(=O)c1cccc(C)c1)n2CCSC. The molecule has 0 aliphatic heterocycles.